The zero-order valence-electron chi connectivity index (χ0n) is 16.9. The van der Waals surface area contributed by atoms with Crippen molar-refractivity contribution < 1.29 is 17.9 Å². The van der Waals surface area contributed by atoms with E-state index in [0.717, 1.165) is 31.4 Å². The van der Waals surface area contributed by atoms with Gasteiger partial charge in [0.2, 0.25) is 5.91 Å². The molecule has 6 nitrogen and oxygen atoms in total. The zero-order valence-corrected chi connectivity index (χ0v) is 18.5. The molecule has 3 rings (SSSR count). The fraction of sp³-hybridized carbons (Fsp3) is 0.524. The van der Waals surface area contributed by atoms with Gasteiger partial charge >= 0.3 is 0 Å². The molecule has 2 atom stereocenters. The number of carbonyl (C=O) groups excluding carboxylic acids is 1. The van der Waals surface area contributed by atoms with Gasteiger partial charge in [0.15, 0.2) is 9.84 Å². The zero-order chi connectivity index (χ0) is 20.9. The van der Waals surface area contributed by atoms with E-state index in [0.29, 0.717) is 17.2 Å². The Hall–Kier alpha value is -1.93. The van der Waals surface area contributed by atoms with Crippen LogP contribution in [0.4, 0.5) is 0 Å². The standard InChI is InChI=1S/C21H28N2O4S2/c1-3-18-9-7-8-12-23(18)21(24)16(2)29(25,26)15-17-14-28-20(22-17)13-27-19-10-5-4-6-11-19/h4-6,10-11,14,16,18H,3,7-9,12-13,15H2,1-2H3. The smallest absolute Gasteiger partial charge is 0.240 e. The number of para-hydroxylation sites is 1. The maximum Gasteiger partial charge on any atom is 0.240 e. The van der Waals surface area contributed by atoms with Gasteiger partial charge in [-0.3, -0.25) is 4.79 Å². The van der Waals surface area contributed by atoms with Gasteiger partial charge in [0.05, 0.1) is 11.4 Å². The molecular formula is C21H28N2O4S2. The van der Waals surface area contributed by atoms with E-state index >= 15 is 0 Å². The van der Waals surface area contributed by atoms with Crippen LogP contribution < -0.4 is 4.74 Å². The van der Waals surface area contributed by atoms with Crippen LogP contribution in [0.5, 0.6) is 5.75 Å². The van der Waals surface area contributed by atoms with E-state index in [2.05, 4.69) is 4.98 Å². The van der Waals surface area contributed by atoms with Crippen molar-refractivity contribution in [3.63, 3.8) is 0 Å². The minimum Gasteiger partial charge on any atom is -0.486 e. The monoisotopic (exact) mass is 436 g/mol. The third kappa shape index (κ3) is 5.57. The number of amides is 1. The number of sulfone groups is 1. The van der Waals surface area contributed by atoms with Crippen molar-refractivity contribution in [1.29, 1.82) is 0 Å². The molecule has 1 aromatic carbocycles. The molecule has 0 spiro atoms. The summed E-state index contributed by atoms with van der Waals surface area (Å²) in [6.07, 6.45) is 3.84. The van der Waals surface area contributed by atoms with Crippen LogP contribution in [0.1, 0.15) is 50.2 Å². The van der Waals surface area contributed by atoms with Crippen molar-refractivity contribution in [2.45, 2.75) is 63.2 Å². The topological polar surface area (TPSA) is 76.6 Å². The number of nitrogens with zero attached hydrogens (tertiary/aromatic N) is 2. The third-order valence-electron chi connectivity index (χ3n) is 5.32. The molecule has 1 aromatic heterocycles. The molecule has 1 aliphatic heterocycles. The highest BCUT2D eigenvalue weighted by Crippen LogP contribution is 2.23. The number of thiazole rings is 1. The lowest BCUT2D eigenvalue weighted by Gasteiger charge is -2.36. The fourth-order valence-corrected chi connectivity index (χ4v) is 5.64. The lowest BCUT2D eigenvalue weighted by Crippen LogP contribution is -2.49. The Balaban J connectivity index is 1.61. The lowest BCUT2D eigenvalue weighted by atomic mass is 10.00. The Bertz CT molecular complexity index is 912. The number of carbonyl (C=O) groups is 1. The first-order valence-corrected chi connectivity index (χ1v) is 12.6. The summed E-state index contributed by atoms with van der Waals surface area (Å²) in [5.41, 5.74) is 0.465. The lowest BCUT2D eigenvalue weighted by molar-refractivity contribution is -0.134. The minimum atomic E-state index is -3.64. The second kappa shape index (κ2) is 9.71. The first-order valence-electron chi connectivity index (χ1n) is 10.0. The highest BCUT2D eigenvalue weighted by molar-refractivity contribution is 7.92. The fourth-order valence-electron chi connectivity index (χ4n) is 3.58. The Morgan fingerprint density at radius 1 is 1.31 bits per heavy atom. The van der Waals surface area contributed by atoms with Crippen LogP contribution in [0.3, 0.4) is 0 Å². The highest BCUT2D eigenvalue weighted by atomic mass is 32.2. The molecule has 1 amide bonds. The summed E-state index contributed by atoms with van der Waals surface area (Å²) in [6.45, 7) is 4.48. The molecule has 0 saturated carbocycles. The minimum absolute atomic E-state index is 0.148. The summed E-state index contributed by atoms with van der Waals surface area (Å²) in [5.74, 6) is 0.231. The number of hydrogen-bond donors (Lipinski definition) is 0. The van der Waals surface area contributed by atoms with E-state index in [1.165, 1.54) is 18.3 Å². The maximum absolute atomic E-state index is 12.9. The quantitative estimate of drug-likeness (QED) is 0.629. The summed E-state index contributed by atoms with van der Waals surface area (Å²) in [5, 5.41) is 1.38. The predicted molar refractivity (Wildman–Crippen MR) is 115 cm³/mol. The first kappa shape index (κ1) is 21.8. The third-order valence-corrected chi connectivity index (χ3v) is 8.17. The summed E-state index contributed by atoms with van der Waals surface area (Å²) < 4.78 is 31.4. The van der Waals surface area contributed by atoms with Gasteiger partial charge in [-0.2, -0.15) is 0 Å². The van der Waals surface area contributed by atoms with E-state index in [-0.39, 0.29) is 24.3 Å². The molecule has 1 fully saturated rings. The number of hydrogen-bond acceptors (Lipinski definition) is 6. The highest BCUT2D eigenvalue weighted by Gasteiger charge is 2.35. The van der Waals surface area contributed by atoms with Crippen molar-refractivity contribution in [3.8, 4) is 5.75 Å². The Labute approximate surface area is 176 Å². The van der Waals surface area contributed by atoms with Crippen LogP contribution >= 0.6 is 11.3 Å². The molecular weight excluding hydrogens is 408 g/mol. The van der Waals surface area contributed by atoms with Crippen molar-refractivity contribution in [1.82, 2.24) is 9.88 Å². The molecule has 29 heavy (non-hydrogen) atoms. The second-order valence-electron chi connectivity index (χ2n) is 7.37. The van der Waals surface area contributed by atoms with Crippen molar-refractivity contribution in [3.05, 3.63) is 46.4 Å². The van der Waals surface area contributed by atoms with Crippen LogP contribution in [0.15, 0.2) is 35.7 Å². The number of benzene rings is 1. The Morgan fingerprint density at radius 2 is 2.07 bits per heavy atom. The van der Waals surface area contributed by atoms with Crippen molar-refractivity contribution in [2.75, 3.05) is 6.54 Å². The Morgan fingerprint density at radius 3 is 2.79 bits per heavy atom. The number of aromatic nitrogens is 1. The molecule has 8 heteroatoms. The number of rotatable bonds is 8. The molecule has 0 N–H and O–H groups in total. The van der Waals surface area contributed by atoms with E-state index in [4.69, 9.17) is 4.74 Å². The summed E-state index contributed by atoms with van der Waals surface area (Å²) in [7, 11) is -3.64. The molecule has 1 saturated heterocycles. The van der Waals surface area contributed by atoms with Gasteiger partial charge in [0.25, 0.3) is 0 Å². The van der Waals surface area contributed by atoms with E-state index in [1.54, 1.807) is 10.3 Å². The van der Waals surface area contributed by atoms with Crippen molar-refractivity contribution in [2.24, 2.45) is 0 Å². The molecule has 158 valence electrons. The normalized spacial score (nSPS) is 18.4. The number of piperidine rings is 1. The maximum atomic E-state index is 12.9. The van der Waals surface area contributed by atoms with Gasteiger partial charge in [-0.05, 0) is 44.7 Å². The average Bonchev–Trinajstić information content (AvgIpc) is 3.18. The van der Waals surface area contributed by atoms with Gasteiger partial charge in [0.1, 0.15) is 22.6 Å². The number of ether oxygens (including phenoxy) is 1. The van der Waals surface area contributed by atoms with Crippen LogP contribution in [-0.4, -0.2) is 42.0 Å². The van der Waals surface area contributed by atoms with E-state index in [9.17, 15) is 13.2 Å². The van der Waals surface area contributed by atoms with Gasteiger partial charge in [-0.25, -0.2) is 13.4 Å². The van der Waals surface area contributed by atoms with Crippen LogP contribution in [-0.2, 0) is 27.0 Å². The molecule has 2 heterocycles. The van der Waals surface area contributed by atoms with Gasteiger partial charge < -0.3 is 9.64 Å². The van der Waals surface area contributed by atoms with E-state index < -0.39 is 15.1 Å². The summed E-state index contributed by atoms with van der Waals surface area (Å²) >= 11 is 1.37. The van der Waals surface area contributed by atoms with Gasteiger partial charge in [0, 0.05) is 18.0 Å². The predicted octanol–water partition coefficient (Wildman–Crippen LogP) is 3.82. The van der Waals surface area contributed by atoms with Crippen LogP contribution in [0, 0.1) is 0 Å². The molecule has 2 aromatic rings. The average molecular weight is 437 g/mol. The van der Waals surface area contributed by atoms with E-state index in [1.807, 2.05) is 37.3 Å². The number of likely N-dealkylation sites (tertiary alicyclic amines) is 1. The summed E-state index contributed by atoms with van der Waals surface area (Å²) in [6, 6.07) is 9.55. The molecule has 0 aliphatic carbocycles. The summed E-state index contributed by atoms with van der Waals surface area (Å²) in [4.78, 5) is 19.0. The largest absolute Gasteiger partial charge is 0.486 e. The SMILES string of the molecule is CCC1CCCCN1C(=O)C(C)S(=O)(=O)Cc1csc(COc2ccccc2)n1. The first-order chi connectivity index (χ1) is 13.9. The second-order valence-corrected chi connectivity index (χ2v) is 10.6. The van der Waals surface area contributed by atoms with Gasteiger partial charge in [-0.15, -0.1) is 11.3 Å². The molecule has 0 bridgehead atoms. The van der Waals surface area contributed by atoms with Crippen molar-refractivity contribution >= 4 is 27.1 Å². The van der Waals surface area contributed by atoms with Crippen LogP contribution in [0.2, 0.25) is 0 Å². The molecule has 2 unspecified atom stereocenters. The molecule has 1 aliphatic rings. The van der Waals surface area contributed by atoms with Crippen LogP contribution in [0.25, 0.3) is 0 Å². The van der Waals surface area contributed by atoms with Gasteiger partial charge in [-0.1, -0.05) is 25.1 Å². The molecule has 0 radical (unpaired) electrons. The Kier molecular flexibility index (Phi) is 7.29.